The van der Waals surface area contributed by atoms with Gasteiger partial charge in [-0.3, -0.25) is 9.48 Å². The van der Waals surface area contributed by atoms with Gasteiger partial charge in [0.15, 0.2) is 0 Å². The molecule has 3 heteroatoms. The number of hydrogen-bond acceptors (Lipinski definition) is 2. The monoisotopic (exact) mass is 379 g/mol. The van der Waals surface area contributed by atoms with Crippen molar-refractivity contribution in [2.45, 2.75) is 104 Å². The molecule has 0 fully saturated rings. The topological polar surface area (TPSA) is 26.5 Å². The summed E-state index contributed by atoms with van der Waals surface area (Å²) in [4.78, 5) is 2.39. The molecule has 0 aromatic rings. The Bertz CT molecular complexity index is 403. The van der Waals surface area contributed by atoms with Crippen molar-refractivity contribution in [2.24, 2.45) is 0 Å². The molecule has 0 amide bonds. The molecule has 1 heterocycles. The van der Waals surface area contributed by atoms with Crippen LogP contribution in [0.4, 0.5) is 0 Å². The van der Waals surface area contributed by atoms with Crippen LogP contribution in [0.1, 0.15) is 104 Å². The predicted octanol–water partition coefficient (Wildman–Crippen LogP) is 5.76. The van der Waals surface area contributed by atoms with E-state index in [-0.39, 0.29) is 6.61 Å². The fourth-order valence-corrected chi connectivity index (χ4v) is 4.07. The Hall–Kier alpha value is -0.830. The maximum Gasteiger partial charge on any atom is 0.247 e. The summed E-state index contributed by atoms with van der Waals surface area (Å²) in [6.45, 7) is 8.92. The van der Waals surface area contributed by atoms with E-state index < -0.39 is 0 Å². The van der Waals surface area contributed by atoms with Gasteiger partial charge in [-0.15, -0.1) is 0 Å². The molecule has 0 atom stereocenters. The Balaban J connectivity index is 1.94. The second-order valence-corrected chi connectivity index (χ2v) is 8.04. The second-order valence-electron chi connectivity index (χ2n) is 8.04. The van der Waals surface area contributed by atoms with E-state index in [0.717, 1.165) is 26.2 Å². The molecule has 0 bridgehead atoms. The largest absolute Gasteiger partial charge is 0.392 e. The van der Waals surface area contributed by atoms with E-state index in [1.807, 2.05) is 0 Å². The lowest BCUT2D eigenvalue weighted by atomic mass is 10.1. The highest BCUT2D eigenvalue weighted by Crippen LogP contribution is 2.13. The highest BCUT2D eigenvalue weighted by Gasteiger charge is 2.28. The van der Waals surface area contributed by atoms with Crippen molar-refractivity contribution in [3.63, 3.8) is 0 Å². The summed E-state index contributed by atoms with van der Waals surface area (Å²) < 4.78 is 2.49. The highest BCUT2D eigenvalue weighted by molar-refractivity contribution is 5.78. The first kappa shape index (κ1) is 24.2. The summed E-state index contributed by atoms with van der Waals surface area (Å²) in [6, 6.07) is 0. The van der Waals surface area contributed by atoms with Crippen LogP contribution in [0.5, 0.6) is 0 Å². The first-order valence-electron chi connectivity index (χ1n) is 11.9. The minimum Gasteiger partial charge on any atom is -0.392 e. The Morgan fingerprint density at radius 3 is 2.04 bits per heavy atom. The summed E-state index contributed by atoms with van der Waals surface area (Å²) in [5, 5.41) is 9.23. The number of likely N-dealkylation sites (N-methyl/N-ethyl adjacent to an activating group) is 1. The van der Waals surface area contributed by atoms with Crippen molar-refractivity contribution in [1.29, 1.82) is 0 Å². The molecule has 0 aliphatic carbocycles. The molecular weight excluding hydrogens is 332 g/mol. The van der Waals surface area contributed by atoms with Crippen molar-refractivity contribution in [1.82, 2.24) is 4.90 Å². The van der Waals surface area contributed by atoms with Gasteiger partial charge in [0.05, 0.1) is 13.2 Å². The number of rotatable bonds is 18. The fourth-order valence-electron chi connectivity index (χ4n) is 4.07. The molecule has 0 aromatic heterocycles. The van der Waals surface area contributed by atoms with Gasteiger partial charge < -0.3 is 5.11 Å². The zero-order valence-electron chi connectivity index (χ0n) is 18.4. The van der Waals surface area contributed by atoms with E-state index in [9.17, 15) is 5.11 Å². The highest BCUT2D eigenvalue weighted by atomic mass is 16.3. The average Bonchev–Trinajstić information content (AvgIpc) is 3.07. The number of nitrogens with zero attached hydrogens (tertiary/aromatic N) is 2. The summed E-state index contributed by atoms with van der Waals surface area (Å²) in [5.41, 5.74) is 0. The van der Waals surface area contributed by atoms with Gasteiger partial charge in [-0.25, -0.2) is 0 Å². The molecule has 3 nitrogen and oxygen atoms in total. The van der Waals surface area contributed by atoms with Gasteiger partial charge in [-0.2, -0.15) is 0 Å². The van der Waals surface area contributed by atoms with Crippen LogP contribution < -0.4 is 0 Å². The van der Waals surface area contributed by atoms with Crippen LogP contribution in [0.25, 0.3) is 0 Å². The van der Waals surface area contributed by atoms with E-state index in [1.165, 1.54) is 95.7 Å². The molecule has 0 spiro atoms. The maximum atomic E-state index is 9.23. The molecule has 0 aromatic carbocycles. The van der Waals surface area contributed by atoms with Crippen molar-refractivity contribution in [3.05, 3.63) is 12.2 Å². The van der Waals surface area contributed by atoms with E-state index in [4.69, 9.17) is 0 Å². The molecule has 1 rings (SSSR count). The van der Waals surface area contributed by atoms with Crippen molar-refractivity contribution in [2.75, 3.05) is 32.8 Å². The number of aliphatic hydroxyl groups excluding tert-OH is 1. The van der Waals surface area contributed by atoms with Gasteiger partial charge >= 0.3 is 0 Å². The minimum absolute atomic E-state index is 0.271. The maximum absolute atomic E-state index is 9.23. The Morgan fingerprint density at radius 1 is 0.852 bits per heavy atom. The lowest BCUT2D eigenvalue weighted by molar-refractivity contribution is -0.515. The third kappa shape index (κ3) is 11.6. The normalized spacial score (nSPS) is 14.9. The van der Waals surface area contributed by atoms with E-state index >= 15 is 0 Å². The summed E-state index contributed by atoms with van der Waals surface area (Å²) in [7, 11) is 0. The third-order valence-electron chi connectivity index (χ3n) is 5.78. The van der Waals surface area contributed by atoms with Crippen LogP contribution >= 0.6 is 0 Å². The van der Waals surface area contributed by atoms with Crippen molar-refractivity contribution < 1.29 is 9.68 Å². The molecule has 0 unspecified atom stereocenters. The SMILES string of the molecule is CCCCCCCC/C=C/CCCCCCCC1=[N+](CC)CCN1CCO. The van der Waals surface area contributed by atoms with E-state index in [0.29, 0.717) is 0 Å². The Kier molecular flexibility index (Phi) is 15.5. The van der Waals surface area contributed by atoms with Gasteiger partial charge in [0.2, 0.25) is 5.84 Å². The molecule has 27 heavy (non-hydrogen) atoms. The molecule has 0 saturated heterocycles. The smallest absolute Gasteiger partial charge is 0.247 e. The summed E-state index contributed by atoms with van der Waals surface area (Å²) >= 11 is 0. The Morgan fingerprint density at radius 2 is 1.44 bits per heavy atom. The predicted molar refractivity (Wildman–Crippen MR) is 119 cm³/mol. The number of amidine groups is 1. The number of aliphatic hydroxyl groups is 1. The number of hydrogen-bond donors (Lipinski definition) is 1. The van der Waals surface area contributed by atoms with Crippen LogP contribution in [0.3, 0.4) is 0 Å². The lowest BCUT2D eigenvalue weighted by Crippen LogP contribution is -2.32. The first-order chi connectivity index (χ1) is 13.3. The zero-order chi connectivity index (χ0) is 19.6. The molecule has 1 N–H and O–H groups in total. The van der Waals surface area contributed by atoms with Crippen molar-refractivity contribution >= 4 is 5.84 Å². The minimum atomic E-state index is 0.271. The second kappa shape index (κ2) is 17.3. The van der Waals surface area contributed by atoms with Gasteiger partial charge in [-0.05, 0) is 39.0 Å². The standard InChI is InChI=1S/C24H47N2O/c1-3-5-6-7-8-9-10-11-12-13-14-15-16-17-18-19-24-25(4-2)20-21-26(24)22-23-27/h11-12,27H,3-10,13-23H2,1-2H3/q+1/b12-11+. The fraction of sp³-hybridized carbons (Fsp3) is 0.875. The van der Waals surface area contributed by atoms with Gasteiger partial charge in [0.1, 0.15) is 19.6 Å². The van der Waals surface area contributed by atoms with Crippen LogP contribution in [-0.4, -0.2) is 53.2 Å². The van der Waals surface area contributed by atoms with Gasteiger partial charge in [-0.1, -0.05) is 70.4 Å². The molecule has 0 radical (unpaired) electrons. The molecule has 1 aliphatic heterocycles. The molecule has 0 saturated carbocycles. The average molecular weight is 380 g/mol. The third-order valence-corrected chi connectivity index (χ3v) is 5.78. The van der Waals surface area contributed by atoms with Crippen LogP contribution in [0.15, 0.2) is 12.2 Å². The molecular formula is C24H47N2O+. The number of allylic oxidation sites excluding steroid dienone is 2. The Labute approximate surface area is 169 Å². The van der Waals surface area contributed by atoms with Gasteiger partial charge in [0.25, 0.3) is 0 Å². The zero-order valence-corrected chi connectivity index (χ0v) is 18.4. The lowest BCUT2D eigenvalue weighted by Gasteiger charge is -2.12. The molecule has 158 valence electrons. The number of β-amino-alcohol motifs (C(OH)–C–C–N with tert-alkyl or cyclic N) is 1. The van der Waals surface area contributed by atoms with Crippen molar-refractivity contribution in [3.8, 4) is 0 Å². The summed E-state index contributed by atoms with van der Waals surface area (Å²) in [6.07, 6.45) is 23.7. The van der Waals surface area contributed by atoms with Crippen LogP contribution in [-0.2, 0) is 0 Å². The van der Waals surface area contributed by atoms with Crippen LogP contribution in [0.2, 0.25) is 0 Å². The number of unbranched alkanes of at least 4 members (excludes halogenated alkanes) is 11. The summed E-state index contributed by atoms with van der Waals surface area (Å²) in [5.74, 6) is 1.48. The first-order valence-corrected chi connectivity index (χ1v) is 11.9. The van der Waals surface area contributed by atoms with E-state index in [2.05, 4.69) is 35.5 Å². The quantitative estimate of drug-likeness (QED) is 0.186. The van der Waals surface area contributed by atoms with Crippen LogP contribution in [0, 0.1) is 0 Å². The molecule has 1 aliphatic rings. The van der Waals surface area contributed by atoms with E-state index in [1.54, 1.807) is 0 Å². The van der Waals surface area contributed by atoms with Gasteiger partial charge in [0, 0.05) is 6.42 Å².